The van der Waals surface area contributed by atoms with E-state index in [1.807, 2.05) is 0 Å². The van der Waals surface area contributed by atoms with Crippen LogP contribution >= 0.6 is 11.6 Å². The smallest absolute Gasteiger partial charge is 0.258 e. The van der Waals surface area contributed by atoms with E-state index >= 15 is 0 Å². The highest BCUT2D eigenvalue weighted by molar-refractivity contribution is 7.89. The van der Waals surface area contributed by atoms with Gasteiger partial charge < -0.3 is 4.74 Å². The average molecular weight is 307 g/mol. The Morgan fingerprint density at radius 1 is 1.37 bits per heavy atom. The van der Waals surface area contributed by atoms with Gasteiger partial charge >= 0.3 is 0 Å². The molecule has 0 atom stereocenters. The normalized spacial score (nSPS) is 11.5. The highest BCUT2D eigenvalue weighted by atomic mass is 35.5. The molecule has 0 radical (unpaired) electrons. The van der Waals surface area contributed by atoms with Crippen LogP contribution < -0.4 is 9.46 Å². The number of aromatic nitrogens is 1. The molecule has 0 aliphatic carbocycles. The summed E-state index contributed by atoms with van der Waals surface area (Å²) in [6.45, 7) is 2.99. The lowest BCUT2D eigenvalue weighted by Crippen LogP contribution is -2.25. The van der Waals surface area contributed by atoms with Crippen molar-refractivity contribution >= 4 is 21.6 Å². The van der Waals surface area contributed by atoms with Crippen LogP contribution in [0.1, 0.15) is 26.2 Å². The Bertz CT molecular complexity index is 462. The first kappa shape index (κ1) is 16.2. The van der Waals surface area contributed by atoms with E-state index in [0.717, 1.165) is 12.8 Å². The van der Waals surface area contributed by atoms with Gasteiger partial charge in [0, 0.05) is 12.4 Å². The third-order valence-electron chi connectivity index (χ3n) is 2.35. The monoisotopic (exact) mass is 306 g/mol. The van der Waals surface area contributed by atoms with Crippen molar-refractivity contribution in [3.63, 3.8) is 0 Å². The third kappa shape index (κ3) is 5.76. The van der Waals surface area contributed by atoms with Gasteiger partial charge in [-0.3, -0.25) is 0 Å². The predicted octanol–water partition coefficient (Wildman–Crippen LogP) is 2.17. The van der Waals surface area contributed by atoms with E-state index in [4.69, 9.17) is 16.3 Å². The minimum Gasteiger partial charge on any atom is -0.492 e. The van der Waals surface area contributed by atoms with E-state index in [2.05, 4.69) is 16.6 Å². The Balaban J connectivity index is 2.59. The van der Waals surface area contributed by atoms with Crippen LogP contribution in [0.3, 0.4) is 0 Å². The van der Waals surface area contributed by atoms with Crippen LogP contribution in [0.15, 0.2) is 23.4 Å². The number of unbranched alkanes of at least 4 members (excludes halogenated alkanes) is 1. The lowest BCUT2D eigenvalue weighted by atomic mass is 10.4. The lowest BCUT2D eigenvalue weighted by Gasteiger charge is -2.07. The molecule has 0 bridgehead atoms. The molecule has 5 nitrogen and oxygen atoms in total. The van der Waals surface area contributed by atoms with E-state index < -0.39 is 10.0 Å². The number of alkyl halides is 1. The van der Waals surface area contributed by atoms with Crippen molar-refractivity contribution in [3.8, 4) is 5.75 Å². The molecule has 1 aromatic heterocycles. The predicted molar refractivity (Wildman–Crippen MR) is 75.2 cm³/mol. The maximum atomic E-state index is 11.8. The van der Waals surface area contributed by atoms with E-state index in [1.54, 1.807) is 6.07 Å². The molecule has 0 amide bonds. The summed E-state index contributed by atoms with van der Waals surface area (Å²) >= 11 is 5.49. The van der Waals surface area contributed by atoms with Crippen molar-refractivity contribution in [2.24, 2.45) is 0 Å². The van der Waals surface area contributed by atoms with Crippen LogP contribution in [0.25, 0.3) is 0 Å². The summed E-state index contributed by atoms with van der Waals surface area (Å²) < 4.78 is 31.5. The third-order valence-corrected chi connectivity index (χ3v) is 4.00. The first-order valence-electron chi connectivity index (χ1n) is 6.24. The van der Waals surface area contributed by atoms with Crippen molar-refractivity contribution in [2.75, 3.05) is 19.0 Å². The zero-order valence-corrected chi connectivity index (χ0v) is 12.5. The van der Waals surface area contributed by atoms with Crippen molar-refractivity contribution in [3.05, 3.63) is 18.3 Å². The van der Waals surface area contributed by atoms with Gasteiger partial charge in [0.25, 0.3) is 10.0 Å². The molecule has 0 aliphatic rings. The molecular weight excluding hydrogens is 288 g/mol. The molecule has 7 heteroatoms. The van der Waals surface area contributed by atoms with Crippen LogP contribution in [0.5, 0.6) is 5.75 Å². The Morgan fingerprint density at radius 2 is 2.16 bits per heavy atom. The molecule has 1 aromatic rings. The van der Waals surface area contributed by atoms with Gasteiger partial charge in [-0.25, -0.2) is 18.1 Å². The second-order valence-electron chi connectivity index (χ2n) is 3.97. The number of hydrogen-bond acceptors (Lipinski definition) is 4. The first-order chi connectivity index (χ1) is 9.10. The van der Waals surface area contributed by atoms with E-state index in [1.165, 1.54) is 12.3 Å². The van der Waals surface area contributed by atoms with Gasteiger partial charge in [-0.1, -0.05) is 13.3 Å². The van der Waals surface area contributed by atoms with Gasteiger partial charge in [0.15, 0.2) is 5.03 Å². The fourth-order valence-electron chi connectivity index (χ4n) is 1.29. The summed E-state index contributed by atoms with van der Waals surface area (Å²) in [7, 11) is -3.55. The van der Waals surface area contributed by atoms with Crippen LogP contribution in [0, 0.1) is 0 Å². The van der Waals surface area contributed by atoms with Crippen LogP contribution in [-0.2, 0) is 10.0 Å². The standard InChI is InChI=1S/C12H19ClN2O3S/c1-2-3-9-18-11-5-6-12(14-10-11)19(16,17)15-8-4-7-13/h5-6,10,15H,2-4,7-9H2,1H3. The van der Waals surface area contributed by atoms with E-state index in [9.17, 15) is 8.42 Å². The van der Waals surface area contributed by atoms with E-state index in [-0.39, 0.29) is 5.03 Å². The highest BCUT2D eigenvalue weighted by Crippen LogP contribution is 2.12. The van der Waals surface area contributed by atoms with Crippen molar-refractivity contribution < 1.29 is 13.2 Å². The summed E-state index contributed by atoms with van der Waals surface area (Å²) in [6, 6.07) is 3.04. The summed E-state index contributed by atoms with van der Waals surface area (Å²) in [5.41, 5.74) is 0. The minimum absolute atomic E-state index is 0.00934. The maximum Gasteiger partial charge on any atom is 0.258 e. The molecule has 0 aromatic carbocycles. The van der Waals surface area contributed by atoms with Crippen molar-refractivity contribution in [2.45, 2.75) is 31.2 Å². The molecule has 0 saturated carbocycles. The molecule has 0 spiro atoms. The number of nitrogens with zero attached hydrogens (tertiary/aromatic N) is 1. The van der Waals surface area contributed by atoms with Crippen LogP contribution in [0.2, 0.25) is 0 Å². The van der Waals surface area contributed by atoms with Gasteiger partial charge in [-0.2, -0.15) is 0 Å². The molecular formula is C12H19ClN2O3S. The Labute approximate surface area is 119 Å². The second-order valence-corrected chi connectivity index (χ2v) is 6.07. The molecule has 0 aliphatic heterocycles. The number of hydrogen-bond donors (Lipinski definition) is 1. The second kappa shape index (κ2) is 8.35. The Morgan fingerprint density at radius 3 is 2.74 bits per heavy atom. The largest absolute Gasteiger partial charge is 0.492 e. The highest BCUT2D eigenvalue weighted by Gasteiger charge is 2.14. The zero-order valence-electron chi connectivity index (χ0n) is 10.9. The maximum absolute atomic E-state index is 11.8. The van der Waals surface area contributed by atoms with Gasteiger partial charge in [-0.05, 0) is 25.0 Å². The molecule has 1 N–H and O–H groups in total. The fourth-order valence-corrected chi connectivity index (χ4v) is 2.43. The average Bonchev–Trinajstić information content (AvgIpc) is 2.40. The van der Waals surface area contributed by atoms with Crippen LogP contribution in [-0.4, -0.2) is 32.4 Å². The summed E-state index contributed by atoms with van der Waals surface area (Å²) in [5, 5.41) is -0.00934. The number of ether oxygens (including phenoxy) is 1. The number of nitrogens with one attached hydrogen (secondary N) is 1. The summed E-state index contributed by atoms with van der Waals surface area (Å²) in [4.78, 5) is 3.90. The zero-order chi connectivity index (χ0) is 14.1. The number of pyridine rings is 1. The number of sulfonamides is 1. The van der Waals surface area contributed by atoms with Crippen molar-refractivity contribution in [1.82, 2.24) is 9.71 Å². The van der Waals surface area contributed by atoms with Gasteiger partial charge in [0.05, 0.1) is 12.8 Å². The SMILES string of the molecule is CCCCOc1ccc(S(=O)(=O)NCCCCl)nc1. The molecule has 0 unspecified atom stereocenters. The van der Waals surface area contributed by atoms with Gasteiger partial charge in [-0.15, -0.1) is 11.6 Å². The van der Waals surface area contributed by atoms with E-state index in [0.29, 0.717) is 31.2 Å². The Hall–Kier alpha value is -0.850. The molecule has 0 fully saturated rings. The molecule has 108 valence electrons. The number of halogens is 1. The molecule has 1 heterocycles. The van der Waals surface area contributed by atoms with Crippen LogP contribution in [0.4, 0.5) is 0 Å². The topological polar surface area (TPSA) is 68.3 Å². The minimum atomic E-state index is -3.55. The molecule has 1 rings (SSSR count). The first-order valence-corrected chi connectivity index (χ1v) is 8.26. The summed E-state index contributed by atoms with van der Waals surface area (Å²) in [5.74, 6) is 0.994. The summed E-state index contributed by atoms with van der Waals surface area (Å²) in [6.07, 6.45) is 4.01. The Kier molecular flexibility index (Phi) is 7.12. The van der Waals surface area contributed by atoms with Gasteiger partial charge in [0.1, 0.15) is 5.75 Å². The van der Waals surface area contributed by atoms with Crippen molar-refractivity contribution in [1.29, 1.82) is 0 Å². The fraction of sp³-hybridized carbons (Fsp3) is 0.583. The lowest BCUT2D eigenvalue weighted by molar-refractivity contribution is 0.308. The number of rotatable bonds is 9. The molecule has 0 saturated heterocycles. The molecule has 19 heavy (non-hydrogen) atoms. The van der Waals surface area contributed by atoms with Gasteiger partial charge in [0.2, 0.25) is 0 Å². The quantitative estimate of drug-likeness (QED) is 0.561.